The van der Waals surface area contributed by atoms with E-state index in [4.69, 9.17) is 14.7 Å². The number of hydrogen-bond donors (Lipinski definition) is 0. The Hall–Kier alpha value is -1.53. The highest BCUT2D eigenvalue weighted by Gasteiger charge is 2.01. The lowest BCUT2D eigenvalue weighted by Gasteiger charge is -2.08. The molecule has 1 aromatic carbocycles. The first kappa shape index (κ1) is 11.5. The summed E-state index contributed by atoms with van der Waals surface area (Å²) in [6, 6.07) is 9.74. The highest BCUT2D eigenvalue weighted by Crippen LogP contribution is 2.14. The summed E-state index contributed by atoms with van der Waals surface area (Å²) in [5, 5.41) is 8.58. The number of rotatable bonds is 5. The molecule has 0 aromatic heterocycles. The molecule has 0 radical (unpaired) electrons. The molecule has 3 nitrogen and oxygen atoms in total. The summed E-state index contributed by atoms with van der Waals surface area (Å²) < 4.78 is 10.3. The summed E-state index contributed by atoms with van der Waals surface area (Å²) in [6.07, 6.45) is 0.486. The Morgan fingerprint density at radius 3 is 2.53 bits per heavy atom. The van der Waals surface area contributed by atoms with Gasteiger partial charge in [-0.1, -0.05) is 12.1 Å². The van der Waals surface area contributed by atoms with Crippen molar-refractivity contribution in [1.82, 2.24) is 0 Å². The highest BCUT2D eigenvalue weighted by molar-refractivity contribution is 5.27. The van der Waals surface area contributed by atoms with E-state index in [0.717, 1.165) is 18.8 Å². The van der Waals surface area contributed by atoms with E-state index in [1.165, 1.54) is 5.56 Å². The SMILES string of the molecule is COCCc1ccc(OC(C)C#N)cc1. The third-order valence-electron chi connectivity index (χ3n) is 2.01. The molecule has 0 heterocycles. The number of methoxy groups -OCH3 is 1. The van der Waals surface area contributed by atoms with E-state index in [0.29, 0.717) is 0 Å². The lowest BCUT2D eigenvalue weighted by atomic mass is 10.1. The maximum Gasteiger partial charge on any atom is 0.181 e. The van der Waals surface area contributed by atoms with Gasteiger partial charge in [0.1, 0.15) is 11.8 Å². The first-order valence-electron chi connectivity index (χ1n) is 4.90. The predicted molar refractivity (Wildman–Crippen MR) is 57.7 cm³/mol. The second-order valence-corrected chi connectivity index (χ2v) is 3.28. The monoisotopic (exact) mass is 205 g/mol. The van der Waals surface area contributed by atoms with Gasteiger partial charge in [0.2, 0.25) is 0 Å². The summed E-state index contributed by atoms with van der Waals surface area (Å²) in [7, 11) is 1.69. The fourth-order valence-corrected chi connectivity index (χ4v) is 1.19. The van der Waals surface area contributed by atoms with E-state index >= 15 is 0 Å². The Balaban J connectivity index is 2.53. The molecule has 0 saturated carbocycles. The fraction of sp³-hybridized carbons (Fsp3) is 0.417. The molecular weight excluding hydrogens is 190 g/mol. The van der Waals surface area contributed by atoms with Crippen molar-refractivity contribution in [3.05, 3.63) is 29.8 Å². The topological polar surface area (TPSA) is 42.2 Å². The zero-order chi connectivity index (χ0) is 11.1. The molecule has 0 N–H and O–H groups in total. The number of benzene rings is 1. The Kier molecular flexibility index (Phi) is 4.65. The van der Waals surface area contributed by atoms with Crippen molar-refractivity contribution in [2.75, 3.05) is 13.7 Å². The van der Waals surface area contributed by atoms with E-state index in [2.05, 4.69) is 0 Å². The van der Waals surface area contributed by atoms with Gasteiger partial charge in [0.15, 0.2) is 6.10 Å². The average molecular weight is 205 g/mol. The second-order valence-electron chi connectivity index (χ2n) is 3.28. The van der Waals surface area contributed by atoms with E-state index in [1.807, 2.05) is 30.3 Å². The molecular formula is C12H15NO2. The first-order chi connectivity index (χ1) is 7.26. The standard InChI is InChI=1S/C12H15NO2/c1-10(9-13)15-12-5-3-11(4-6-12)7-8-14-2/h3-6,10H,7-8H2,1-2H3. The number of nitrogens with zero attached hydrogens (tertiary/aromatic N) is 1. The maximum atomic E-state index is 8.58. The Morgan fingerprint density at radius 2 is 2.00 bits per heavy atom. The summed E-state index contributed by atoms with van der Waals surface area (Å²) in [5.41, 5.74) is 1.20. The van der Waals surface area contributed by atoms with Crippen LogP contribution >= 0.6 is 0 Å². The number of nitriles is 1. The van der Waals surface area contributed by atoms with Crippen LogP contribution in [0.4, 0.5) is 0 Å². The van der Waals surface area contributed by atoms with Crippen molar-refractivity contribution < 1.29 is 9.47 Å². The molecule has 0 bridgehead atoms. The normalized spacial score (nSPS) is 11.8. The van der Waals surface area contributed by atoms with Crippen LogP contribution in [0.15, 0.2) is 24.3 Å². The van der Waals surface area contributed by atoms with Crippen LogP contribution in [-0.4, -0.2) is 19.8 Å². The van der Waals surface area contributed by atoms with Gasteiger partial charge in [-0.2, -0.15) is 5.26 Å². The van der Waals surface area contributed by atoms with E-state index in [9.17, 15) is 0 Å². The highest BCUT2D eigenvalue weighted by atomic mass is 16.5. The maximum absolute atomic E-state index is 8.58. The van der Waals surface area contributed by atoms with Gasteiger partial charge < -0.3 is 9.47 Å². The molecule has 0 aliphatic heterocycles. The van der Waals surface area contributed by atoms with Crippen molar-refractivity contribution >= 4 is 0 Å². The van der Waals surface area contributed by atoms with Crippen LogP contribution in [0.3, 0.4) is 0 Å². The largest absolute Gasteiger partial charge is 0.476 e. The minimum atomic E-state index is -0.408. The predicted octanol–water partition coefficient (Wildman–Crippen LogP) is 2.17. The van der Waals surface area contributed by atoms with Crippen molar-refractivity contribution in [2.45, 2.75) is 19.4 Å². The number of ether oxygens (including phenoxy) is 2. The molecule has 0 fully saturated rings. The summed E-state index contributed by atoms with van der Waals surface area (Å²) in [4.78, 5) is 0. The van der Waals surface area contributed by atoms with Gasteiger partial charge in [0.05, 0.1) is 6.61 Å². The molecule has 0 aliphatic carbocycles. The van der Waals surface area contributed by atoms with Crippen molar-refractivity contribution in [3.63, 3.8) is 0 Å². The summed E-state index contributed by atoms with van der Waals surface area (Å²) in [5.74, 6) is 0.727. The Morgan fingerprint density at radius 1 is 1.33 bits per heavy atom. The van der Waals surface area contributed by atoms with Crippen LogP contribution in [0.1, 0.15) is 12.5 Å². The zero-order valence-corrected chi connectivity index (χ0v) is 9.06. The molecule has 0 spiro atoms. The van der Waals surface area contributed by atoms with Crippen LogP contribution in [0.2, 0.25) is 0 Å². The quantitative estimate of drug-likeness (QED) is 0.739. The molecule has 0 amide bonds. The molecule has 3 heteroatoms. The fourth-order valence-electron chi connectivity index (χ4n) is 1.19. The minimum absolute atomic E-state index is 0.408. The molecule has 0 aliphatic rings. The second kappa shape index (κ2) is 6.05. The van der Waals surface area contributed by atoms with Crippen molar-refractivity contribution in [1.29, 1.82) is 5.26 Å². The van der Waals surface area contributed by atoms with Gasteiger partial charge in [-0.3, -0.25) is 0 Å². The van der Waals surface area contributed by atoms with Crippen LogP contribution in [0.25, 0.3) is 0 Å². The van der Waals surface area contributed by atoms with E-state index in [1.54, 1.807) is 14.0 Å². The Bertz CT molecular complexity index is 326. The van der Waals surface area contributed by atoms with Gasteiger partial charge in [0, 0.05) is 7.11 Å². The zero-order valence-electron chi connectivity index (χ0n) is 9.06. The molecule has 80 valence electrons. The smallest absolute Gasteiger partial charge is 0.181 e. The van der Waals surface area contributed by atoms with Gasteiger partial charge in [-0.05, 0) is 31.0 Å². The molecule has 1 unspecified atom stereocenters. The third kappa shape index (κ3) is 4.01. The van der Waals surface area contributed by atoms with Crippen molar-refractivity contribution in [2.24, 2.45) is 0 Å². The molecule has 15 heavy (non-hydrogen) atoms. The Labute approximate surface area is 90.2 Å². The van der Waals surface area contributed by atoms with Gasteiger partial charge in [-0.25, -0.2) is 0 Å². The average Bonchev–Trinajstić information content (AvgIpc) is 2.28. The molecule has 0 saturated heterocycles. The van der Waals surface area contributed by atoms with E-state index in [-0.39, 0.29) is 0 Å². The number of hydrogen-bond acceptors (Lipinski definition) is 3. The minimum Gasteiger partial charge on any atom is -0.476 e. The van der Waals surface area contributed by atoms with Gasteiger partial charge in [-0.15, -0.1) is 0 Å². The first-order valence-corrected chi connectivity index (χ1v) is 4.90. The summed E-state index contributed by atoms with van der Waals surface area (Å²) in [6.45, 7) is 2.44. The van der Waals surface area contributed by atoms with Crippen molar-refractivity contribution in [3.8, 4) is 11.8 Å². The lowest BCUT2D eigenvalue weighted by Crippen LogP contribution is -2.07. The van der Waals surface area contributed by atoms with Gasteiger partial charge >= 0.3 is 0 Å². The van der Waals surface area contributed by atoms with Gasteiger partial charge in [0.25, 0.3) is 0 Å². The van der Waals surface area contributed by atoms with E-state index < -0.39 is 6.10 Å². The van der Waals surface area contributed by atoms with Crippen LogP contribution in [-0.2, 0) is 11.2 Å². The van der Waals surface area contributed by atoms with Crippen LogP contribution in [0.5, 0.6) is 5.75 Å². The lowest BCUT2D eigenvalue weighted by molar-refractivity contribution is 0.202. The molecule has 1 atom stereocenters. The summed E-state index contributed by atoms with van der Waals surface area (Å²) >= 11 is 0. The van der Waals surface area contributed by atoms with Crippen LogP contribution in [0, 0.1) is 11.3 Å². The van der Waals surface area contributed by atoms with Crippen LogP contribution < -0.4 is 4.74 Å². The third-order valence-corrected chi connectivity index (χ3v) is 2.01. The molecule has 1 aromatic rings. The molecule has 1 rings (SSSR count).